The number of benzene rings is 2. The Morgan fingerprint density at radius 3 is 2.62 bits per heavy atom. The molecule has 0 saturated carbocycles. The Morgan fingerprint density at radius 1 is 1.11 bits per heavy atom. The van der Waals surface area contributed by atoms with Crippen LogP contribution in [0.25, 0.3) is 5.69 Å². The number of rotatable bonds is 6. The van der Waals surface area contributed by atoms with E-state index in [9.17, 15) is 4.79 Å². The van der Waals surface area contributed by atoms with Gasteiger partial charge in [0.1, 0.15) is 11.8 Å². The van der Waals surface area contributed by atoms with Gasteiger partial charge in [-0.05, 0) is 85.4 Å². The van der Waals surface area contributed by atoms with E-state index >= 15 is 0 Å². The van der Waals surface area contributed by atoms with Crippen molar-refractivity contribution in [2.45, 2.75) is 25.9 Å². The van der Waals surface area contributed by atoms with Gasteiger partial charge in [0.15, 0.2) is 5.11 Å². The quantitative estimate of drug-likeness (QED) is 0.298. The van der Waals surface area contributed by atoms with Crippen molar-refractivity contribution in [2.24, 2.45) is 0 Å². The maximum absolute atomic E-state index is 11.9. The van der Waals surface area contributed by atoms with Crippen LogP contribution in [0.5, 0.6) is 5.75 Å². The number of nitrogens with zero attached hydrogens (tertiary/aromatic N) is 3. The highest BCUT2D eigenvalue weighted by atomic mass is 35.5. The number of anilines is 2. The monoisotopic (exact) mass is 531 g/mol. The smallest absolute Gasteiger partial charge is 0.221 e. The number of carbonyl (C=O) groups is 1. The molecule has 1 fully saturated rings. The van der Waals surface area contributed by atoms with Crippen LogP contribution < -0.4 is 20.3 Å². The highest BCUT2D eigenvalue weighted by molar-refractivity contribution is 7.80. The number of thiocarbonyl (C=S) groups is 1. The third-order valence-corrected chi connectivity index (χ3v) is 7.11. The van der Waals surface area contributed by atoms with Gasteiger partial charge >= 0.3 is 0 Å². The van der Waals surface area contributed by atoms with Gasteiger partial charge in [-0.2, -0.15) is 0 Å². The molecule has 1 amide bonds. The van der Waals surface area contributed by atoms with Gasteiger partial charge in [-0.25, -0.2) is 0 Å². The molecular formula is C28H26ClN5O2S. The Hall–Kier alpha value is -3.88. The molecule has 1 aliphatic heterocycles. The average Bonchev–Trinajstić information content (AvgIpc) is 3.50. The van der Waals surface area contributed by atoms with Crippen molar-refractivity contribution < 1.29 is 9.53 Å². The number of pyridine rings is 1. The van der Waals surface area contributed by atoms with Crippen molar-refractivity contribution in [3.63, 3.8) is 0 Å². The van der Waals surface area contributed by atoms with E-state index in [0.717, 1.165) is 33.3 Å². The second-order valence-electron chi connectivity index (χ2n) is 8.80. The Kier molecular flexibility index (Phi) is 6.86. The Morgan fingerprint density at radius 2 is 1.92 bits per heavy atom. The van der Waals surface area contributed by atoms with E-state index < -0.39 is 0 Å². The molecular weight excluding hydrogens is 506 g/mol. The predicted molar refractivity (Wildman–Crippen MR) is 151 cm³/mol. The van der Waals surface area contributed by atoms with E-state index in [1.165, 1.54) is 6.92 Å². The summed E-state index contributed by atoms with van der Waals surface area (Å²) in [5.74, 6) is 0.377. The van der Waals surface area contributed by atoms with Crippen LogP contribution in [-0.2, 0) is 4.79 Å². The lowest BCUT2D eigenvalue weighted by Crippen LogP contribution is -2.30. The van der Waals surface area contributed by atoms with E-state index in [4.69, 9.17) is 28.6 Å². The van der Waals surface area contributed by atoms with Gasteiger partial charge in [0, 0.05) is 41.4 Å². The lowest BCUT2D eigenvalue weighted by atomic mass is 10.0. The second kappa shape index (κ2) is 10.2. The summed E-state index contributed by atoms with van der Waals surface area (Å²) in [6.45, 7) is 3.46. The second-order valence-corrected chi connectivity index (χ2v) is 9.59. The first kappa shape index (κ1) is 24.8. The lowest BCUT2D eigenvalue weighted by Gasteiger charge is -2.29. The Balaban J connectivity index is 1.67. The van der Waals surface area contributed by atoms with Crippen molar-refractivity contribution >= 4 is 46.2 Å². The molecule has 9 heteroatoms. The molecule has 2 N–H and O–H groups in total. The minimum absolute atomic E-state index is 0.188. The first-order chi connectivity index (χ1) is 17.9. The van der Waals surface area contributed by atoms with Gasteiger partial charge in [-0.1, -0.05) is 17.7 Å². The predicted octanol–water partition coefficient (Wildman–Crippen LogP) is 5.98. The number of aryl methyl sites for hydroxylation is 1. The number of methoxy groups -OCH3 is 1. The normalized spacial score (nSPS) is 17.0. The summed E-state index contributed by atoms with van der Waals surface area (Å²) < 4.78 is 7.62. The van der Waals surface area contributed by atoms with Crippen LogP contribution in [0.4, 0.5) is 11.4 Å². The van der Waals surface area contributed by atoms with Crippen LogP contribution in [0, 0.1) is 6.92 Å². The summed E-state index contributed by atoms with van der Waals surface area (Å²) in [5, 5.41) is 7.62. The summed E-state index contributed by atoms with van der Waals surface area (Å²) in [5.41, 5.74) is 5.25. The van der Waals surface area contributed by atoms with Gasteiger partial charge in [0.25, 0.3) is 0 Å². The summed E-state index contributed by atoms with van der Waals surface area (Å²) in [4.78, 5) is 18.6. The number of nitrogens with one attached hydrogen (secondary N) is 2. The molecule has 7 nitrogen and oxygen atoms in total. The molecule has 5 rings (SSSR count). The van der Waals surface area contributed by atoms with E-state index in [2.05, 4.69) is 37.2 Å². The van der Waals surface area contributed by atoms with Gasteiger partial charge in [0.2, 0.25) is 5.91 Å². The van der Waals surface area contributed by atoms with Crippen LogP contribution >= 0.6 is 23.8 Å². The van der Waals surface area contributed by atoms with Crippen molar-refractivity contribution in [1.29, 1.82) is 0 Å². The summed E-state index contributed by atoms with van der Waals surface area (Å²) >= 11 is 12.2. The van der Waals surface area contributed by atoms with Crippen LogP contribution in [0.15, 0.2) is 79.1 Å². The Bertz CT molecular complexity index is 1470. The molecule has 3 heterocycles. The maximum atomic E-state index is 11.9. The van der Waals surface area contributed by atoms with Gasteiger partial charge in [-0.3, -0.25) is 9.78 Å². The topological polar surface area (TPSA) is 71.4 Å². The molecule has 188 valence electrons. The standard InChI is InChI=1S/C28H26ClN5O2S/c1-17-15-19(9-11-21(17)29)33-14-6-8-24(33)27-26(22-7-4-5-13-30-22)32-28(37)34(27)20-10-12-25(36-3)23(16-20)31-18(2)35/h4-16,26-27H,1-3H3,(H,31,35)(H,32,37)/t26-,27-/m1/s1. The van der Waals surface area contributed by atoms with Crippen LogP contribution in [0.1, 0.15) is 36.0 Å². The number of aromatic nitrogens is 2. The first-order valence-electron chi connectivity index (χ1n) is 11.8. The van der Waals surface area contributed by atoms with E-state index in [0.29, 0.717) is 16.5 Å². The zero-order valence-corrected chi connectivity index (χ0v) is 22.2. The minimum Gasteiger partial charge on any atom is -0.495 e. The molecule has 0 bridgehead atoms. The van der Waals surface area contributed by atoms with Crippen molar-refractivity contribution in [2.75, 3.05) is 17.3 Å². The molecule has 2 atom stereocenters. The maximum Gasteiger partial charge on any atom is 0.221 e. The molecule has 0 spiro atoms. The number of amides is 1. The van der Waals surface area contributed by atoms with Gasteiger partial charge < -0.3 is 24.8 Å². The summed E-state index contributed by atoms with van der Waals surface area (Å²) in [7, 11) is 1.57. The van der Waals surface area contributed by atoms with E-state index in [-0.39, 0.29) is 18.0 Å². The van der Waals surface area contributed by atoms with E-state index in [1.54, 1.807) is 13.3 Å². The average molecular weight is 532 g/mol. The number of carbonyl (C=O) groups excluding carboxylic acids is 1. The van der Waals surface area contributed by atoms with Gasteiger partial charge in [0.05, 0.1) is 24.5 Å². The fourth-order valence-electron chi connectivity index (χ4n) is 4.72. The number of hydrogen-bond acceptors (Lipinski definition) is 4. The van der Waals surface area contributed by atoms with Crippen molar-refractivity contribution in [1.82, 2.24) is 14.9 Å². The molecule has 2 aromatic heterocycles. The molecule has 0 unspecified atom stereocenters. The first-order valence-corrected chi connectivity index (χ1v) is 12.6. The largest absolute Gasteiger partial charge is 0.495 e. The fraction of sp³-hybridized carbons (Fsp3) is 0.179. The summed E-state index contributed by atoms with van der Waals surface area (Å²) in [6.07, 6.45) is 3.81. The van der Waals surface area contributed by atoms with Crippen molar-refractivity contribution in [3.05, 3.63) is 101 Å². The third kappa shape index (κ3) is 4.77. The molecule has 1 saturated heterocycles. The molecule has 1 aliphatic rings. The number of hydrogen-bond donors (Lipinski definition) is 2. The molecule has 37 heavy (non-hydrogen) atoms. The SMILES string of the molecule is COc1ccc(N2C(=S)N[C@H](c3ccccn3)[C@H]2c2cccn2-c2ccc(Cl)c(C)c2)cc1NC(C)=O. The minimum atomic E-state index is -0.244. The fourth-order valence-corrected chi connectivity index (χ4v) is 5.18. The highest BCUT2D eigenvalue weighted by Gasteiger charge is 2.42. The van der Waals surface area contributed by atoms with Crippen LogP contribution in [0.2, 0.25) is 5.02 Å². The third-order valence-electron chi connectivity index (χ3n) is 6.37. The van der Waals surface area contributed by atoms with Gasteiger partial charge in [-0.15, -0.1) is 0 Å². The number of ether oxygens (including phenoxy) is 1. The molecule has 4 aromatic rings. The molecule has 0 radical (unpaired) electrons. The lowest BCUT2D eigenvalue weighted by molar-refractivity contribution is -0.114. The molecule has 2 aromatic carbocycles. The van der Waals surface area contributed by atoms with Crippen LogP contribution in [0.3, 0.4) is 0 Å². The number of halogens is 1. The highest BCUT2D eigenvalue weighted by Crippen LogP contribution is 2.44. The van der Waals surface area contributed by atoms with Crippen molar-refractivity contribution in [3.8, 4) is 11.4 Å². The van der Waals surface area contributed by atoms with Crippen LogP contribution in [-0.4, -0.2) is 27.7 Å². The summed E-state index contributed by atoms with van der Waals surface area (Å²) in [6, 6.07) is 21.1. The zero-order chi connectivity index (χ0) is 26.1. The van der Waals surface area contributed by atoms with E-state index in [1.807, 2.05) is 67.7 Å². The Labute approximate surface area is 226 Å². The molecule has 0 aliphatic carbocycles. The zero-order valence-electron chi connectivity index (χ0n) is 20.6.